The molecule has 1 aliphatic carbocycles. The number of fused-ring (bicyclic) bond motifs is 1. The first kappa shape index (κ1) is 22.3. The Kier molecular flexibility index (Phi) is 5.70. The van der Waals surface area contributed by atoms with E-state index >= 15 is 0 Å². The molecule has 9 nitrogen and oxygen atoms in total. The molecule has 0 aliphatic heterocycles. The highest BCUT2D eigenvalue weighted by atomic mass is 32.2. The Morgan fingerprint density at radius 3 is 2.62 bits per heavy atom. The monoisotopic (exact) mass is 479 g/mol. The normalized spacial score (nSPS) is 15.7. The number of hydrogen-bond donors (Lipinski definition) is 1. The lowest BCUT2D eigenvalue weighted by atomic mass is 10.0. The van der Waals surface area contributed by atoms with Crippen molar-refractivity contribution in [1.82, 2.24) is 24.5 Å². The maximum absolute atomic E-state index is 13.0. The molecule has 1 aromatic carbocycles. The van der Waals surface area contributed by atoms with Crippen molar-refractivity contribution < 1.29 is 17.9 Å². The van der Waals surface area contributed by atoms with Crippen molar-refractivity contribution in [2.75, 3.05) is 7.11 Å². The van der Waals surface area contributed by atoms with Gasteiger partial charge in [0, 0.05) is 35.8 Å². The topological polar surface area (TPSA) is 108 Å². The van der Waals surface area contributed by atoms with E-state index in [9.17, 15) is 8.42 Å². The van der Waals surface area contributed by atoms with E-state index < -0.39 is 21.0 Å². The fourth-order valence-electron chi connectivity index (χ4n) is 3.86. The number of pyridine rings is 2. The van der Waals surface area contributed by atoms with Gasteiger partial charge in [0.2, 0.25) is 21.6 Å². The summed E-state index contributed by atoms with van der Waals surface area (Å²) in [5.41, 5.74) is 0.118. The van der Waals surface area contributed by atoms with Crippen LogP contribution in [0.15, 0.2) is 67.1 Å². The van der Waals surface area contributed by atoms with Crippen molar-refractivity contribution in [3.05, 3.63) is 72.7 Å². The van der Waals surface area contributed by atoms with Crippen molar-refractivity contribution in [3.8, 4) is 17.4 Å². The largest absolute Gasteiger partial charge is 0.481 e. The first-order valence-electron chi connectivity index (χ1n) is 11.1. The molecule has 0 amide bonds. The predicted molar refractivity (Wildman–Crippen MR) is 127 cm³/mol. The van der Waals surface area contributed by atoms with Crippen LogP contribution in [0.4, 0.5) is 0 Å². The number of sulfonamides is 1. The van der Waals surface area contributed by atoms with Gasteiger partial charge in [-0.2, -0.15) is 9.82 Å². The zero-order valence-corrected chi connectivity index (χ0v) is 19.7. The SMILES string of the molecule is CCC(NS(=O)(=O)C1CC1)(Oc1ccc2c(cnn2-c2ccccn2)c1)c1ccc(OC)nc1. The van der Waals surface area contributed by atoms with Crippen molar-refractivity contribution in [2.45, 2.75) is 37.2 Å². The number of rotatable bonds is 9. The smallest absolute Gasteiger partial charge is 0.217 e. The molecular formula is C24H25N5O4S. The number of ether oxygens (including phenoxy) is 2. The van der Waals surface area contributed by atoms with Gasteiger partial charge in [0.15, 0.2) is 5.82 Å². The van der Waals surface area contributed by atoms with Crippen LogP contribution in [0.1, 0.15) is 31.7 Å². The minimum absolute atomic E-state index is 0.345. The van der Waals surface area contributed by atoms with Crippen LogP contribution in [0.25, 0.3) is 16.7 Å². The first-order chi connectivity index (χ1) is 16.4. The fourth-order valence-corrected chi connectivity index (χ4v) is 5.54. The highest BCUT2D eigenvalue weighted by molar-refractivity contribution is 7.90. The molecule has 3 aromatic heterocycles. The lowest BCUT2D eigenvalue weighted by Crippen LogP contribution is -2.51. The van der Waals surface area contributed by atoms with Gasteiger partial charge in [-0.25, -0.2) is 23.1 Å². The zero-order valence-electron chi connectivity index (χ0n) is 18.9. The minimum atomic E-state index is -3.57. The van der Waals surface area contributed by atoms with Crippen LogP contribution in [0, 0.1) is 0 Å². The predicted octanol–water partition coefficient (Wildman–Crippen LogP) is 3.55. The molecule has 1 atom stereocenters. The van der Waals surface area contributed by atoms with Gasteiger partial charge in [-0.15, -0.1) is 0 Å². The summed E-state index contributed by atoms with van der Waals surface area (Å²) in [5, 5.41) is 4.90. The van der Waals surface area contributed by atoms with Crippen LogP contribution < -0.4 is 14.2 Å². The average Bonchev–Trinajstić information content (AvgIpc) is 3.65. The quantitative estimate of drug-likeness (QED) is 0.366. The summed E-state index contributed by atoms with van der Waals surface area (Å²) in [7, 11) is -2.04. The van der Waals surface area contributed by atoms with E-state index in [1.807, 2.05) is 37.3 Å². The average molecular weight is 480 g/mol. The molecule has 1 saturated carbocycles. The molecule has 0 radical (unpaired) electrons. The molecule has 34 heavy (non-hydrogen) atoms. The maximum Gasteiger partial charge on any atom is 0.217 e. The van der Waals surface area contributed by atoms with E-state index in [0.717, 1.165) is 10.9 Å². The second kappa shape index (κ2) is 8.69. The number of aromatic nitrogens is 4. The molecule has 1 unspecified atom stereocenters. The van der Waals surface area contributed by atoms with E-state index in [1.165, 1.54) is 7.11 Å². The van der Waals surface area contributed by atoms with Gasteiger partial charge in [0.25, 0.3) is 0 Å². The lowest BCUT2D eigenvalue weighted by molar-refractivity contribution is 0.0491. The number of nitrogens with zero attached hydrogens (tertiary/aromatic N) is 4. The summed E-state index contributed by atoms with van der Waals surface area (Å²) in [4.78, 5) is 8.63. The molecule has 1 N–H and O–H groups in total. The fraction of sp³-hybridized carbons (Fsp3) is 0.292. The Hall–Kier alpha value is -3.50. The van der Waals surface area contributed by atoms with E-state index in [4.69, 9.17) is 9.47 Å². The number of benzene rings is 1. The van der Waals surface area contributed by atoms with Crippen LogP contribution in [0.3, 0.4) is 0 Å². The highest BCUT2D eigenvalue weighted by Gasteiger charge is 2.44. The third kappa shape index (κ3) is 4.22. The molecule has 5 rings (SSSR count). The number of hydrogen-bond acceptors (Lipinski definition) is 7. The highest BCUT2D eigenvalue weighted by Crippen LogP contribution is 2.35. The molecule has 1 fully saturated rings. The van der Waals surface area contributed by atoms with Gasteiger partial charge in [0.1, 0.15) is 5.75 Å². The van der Waals surface area contributed by atoms with E-state index in [1.54, 1.807) is 41.5 Å². The minimum Gasteiger partial charge on any atom is -0.481 e. The molecule has 10 heteroatoms. The molecular weight excluding hydrogens is 454 g/mol. The van der Waals surface area contributed by atoms with Crippen molar-refractivity contribution in [3.63, 3.8) is 0 Å². The zero-order chi connectivity index (χ0) is 23.8. The van der Waals surface area contributed by atoms with Crippen molar-refractivity contribution in [2.24, 2.45) is 0 Å². The van der Waals surface area contributed by atoms with Gasteiger partial charge < -0.3 is 9.47 Å². The molecule has 4 aromatic rings. The summed E-state index contributed by atoms with van der Waals surface area (Å²) < 4.78 is 42.1. The van der Waals surface area contributed by atoms with Gasteiger partial charge in [0.05, 0.1) is 24.1 Å². The Morgan fingerprint density at radius 2 is 1.97 bits per heavy atom. The third-order valence-corrected chi connectivity index (χ3v) is 7.84. The molecule has 0 spiro atoms. The van der Waals surface area contributed by atoms with Gasteiger partial charge in [-0.3, -0.25) is 0 Å². The Bertz CT molecular complexity index is 1400. The molecule has 176 valence electrons. The molecule has 3 heterocycles. The van der Waals surface area contributed by atoms with E-state index in [0.29, 0.717) is 42.3 Å². The third-order valence-electron chi connectivity index (χ3n) is 5.88. The van der Waals surface area contributed by atoms with Gasteiger partial charge in [-0.1, -0.05) is 13.0 Å². The van der Waals surface area contributed by atoms with Gasteiger partial charge in [-0.05, 0) is 49.2 Å². The van der Waals surface area contributed by atoms with Crippen LogP contribution >= 0.6 is 0 Å². The molecule has 1 aliphatic rings. The molecule has 0 saturated heterocycles. The van der Waals surface area contributed by atoms with Crippen LogP contribution in [-0.2, 0) is 15.7 Å². The lowest BCUT2D eigenvalue weighted by Gasteiger charge is -2.34. The summed E-state index contributed by atoms with van der Waals surface area (Å²) in [6.07, 6.45) is 6.66. The number of methoxy groups -OCH3 is 1. The summed E-state index contributed by atoms with van der Waals surface area (Å²) >= 11 is 0. The van der Waals surface area contributed by atoms with Crippen LogP contribution in [0.2, 0.25) is 0 Å². The second-order valence-electron chi connectivity index (χ2n) is 8.18. The van der Waals surface area contributed by atoms with E-state index in [2.05, 4.69) is 19.8 Å². The van der Waals surface area contributed by atoms with Crippen molar-refractivity contribution >= 4 is 20.9 Å². The first-order valence-corrected chi connectivity index (χ1v) is 12.6. The Labute approximate surface area is 197 Å². The maximum atomic E-state index is 13.0. The number of nitrogens with one attached hydrogen (secondary N) is 1. The second-order valence-corrected chi connectivity index (χ2v) is 10.1. The van der Waals surface area contributed by atoms with Gasteiger partial charge >= 0.3 is 0 Å². The standard InChI is InChI=1S/C24H25N5O4S/c1-3-24(28-34(30,31)20-9-10-20,18-7-12-23(32-2)26-16-18)33-19-8-11-21-17(14-19)15-27-29(21)22-6-4-5-13-25-22/h4-8,11-16,20,28H,3,9-10H2,1-2H3. The van der Waals surface area contributed by atoms with Crippen LogP contribution in [0.5, 0.6) is 11.6 Å². The van der Waals surface area contributed by atoms with Crippen molar-refractivity contribution in [1.29, 1.82) is 0 Å². The van der Waals surface area contributed by atoms with E-state index in [-0.39, 0.29) is 0 Å². The van der Waals surface area contributed by atoms with Crippen LogP contribution in [-0.4, -0.2) is 40.5 Å². The Morgan fingerprint density at radius 1 is 1.12 bits per heavy atom. The Balaban J connectivity index is 1.53. The summed E-state index contributed by atoms with van der Waals surface area (Å²) in [6.45, 7) is 1.87. The molecule has 0 bridgehead atoms. The summed E-state index contributed by atoms with van der Waals surface area (Å²) in [6, 6.07) is 14.6. The summed E-state index contributed by atoms with van der Waals surface area (Å²) in [5.74, 6) is 1.64.